The summed E-state index contributed by atoms with van der Waals surface area (Å²) >= 11 is 0. The van der Waals surface area contributed by atoms with Crippen LogP contribution in [-0.4, -0.2) is 5.78 Å². The molecule has 0 saturated heterocycles. The van der Waals surface area contributed by atoms with Gasteiger partial charge >= 0.3 is 0 Å². The van der Waals surface area contributed by atoms with Gasteiger partial charge in [0.2, 0.25) is 0 Å². The fourth-order valence-corrected chi connectivity index (χ4v) is 0.744. The molecule has 0 radical (unpaired) electrons. The van der Waals surface area contributed by atoms with Crippen molar-refractivity contribution >= 4 is 5.78 Å². The largest absolute Gasteiger partial charge is 0.299 e. The van der Waals surface area contributed by atoms with Crippen LogP contribution in [0.2, 0.25) is 0 Å². The third kappa shape index (κ3) is 3.24. The van der Waals surface area contributed by atoms with E-state index in [0.29, 0.717) is 12.8 Å². The Bertz CT molecular complexity index is 146. The van der Waals surface area contributed by atoms with E-state index in [2.05, 4.69) is 0 Å². The SMILES string of the molecule is CCCC(=O)C(C)CC#N. The quantitative estimate of drug-likeness (QED) is 0.597. The van der Waals surface area contributed by atoms with E-state index in [0.717, 1.165) is 6.42 Å². The monoisotopic (exact) mass is 139 g/mol. The van der Waals surface area contributed by atoms with Gasteiger partial charge in [0, 0.05) is 18.8 Å². The van der Waals surface area contributed by atoms with Gasteiger partial charge in [0.05, 0.1) is 6.07 Å². The summed E-state index contributed by atoms with van der Waals surface area (Å²) in [7, 11) is 0. The van der Waals surface area contributed by atoms with Gasteiger partial charge in [0.25, 0.3) is 0 Å². The second kappa shape index (κ2) is 4.99. The highest BCUT2D eigenvalue weighted by Crippen LogP contribution is 2.05. The van der Waals surface area contributed by atoms with Crippen molar-refractivity contribution in [3.05, 3.63) is 0 Å². The minimum Gasteiger partial charge on any atom is -0.299 e. The lowest BCUT2D eigenvalue weighted by atomic mass is 10.0. The van der Waals surface area contributed by atoms with Gasteiger partial charge in [0.1, 0.15) is 5.78 Å². The third-order valence-electron chi connectivity index (χ3n) is 1.44. The van der Waals surface area contributed by atoms with Crippen molar-refractivity contribution in [2.45, 2.75) is 33.1 Å². The van der Waals surface area contributed by atoms with Gasteiger partial charge in [-0.3, -0.25) is 4.79 Å². The van der Waals surface area contributed by atoms with E-state index in [1.54, 1.807) is 6.92 Å². The summed E-state index contributed by atoms with van der Waals surface area (Å²) in [6.45, 7) is 3.78. The highest BCUT2D eigenvalue weighted by Gasteiger charge is 2.09. The fourth-order valence-electron chi connectivity index (χ4n) is 0.744. The maximum atomic E-state index is 11.0. The number of ketones is 1. The molecular weight excluding hydrogens is 126 g/mol. The Morgan fingerprint density at radius 3 is 2.70 bits per heavy atom. The normalized spacial score (nSPS) is 12.1. The molecule has 0 rings (SSSR count). The molecule has 0 heterocycles. The maximum Gasteiger partial charge on any atom is 0.136 e. The predicted molar refractivity (Wildman–Crippen MR) is 39.3 cm³/mol. The van der Waals surface area contributed by atoms with Crippen molar-refractivity contribution in [1.29, 1.82) is 5.26 Å². The molecule has 0 aromatic carbocycles. The highest BCUT2D eigenvalue weighted by molar-refractivity contribution is 5.80. The fraction of sp³-hybridized carbons (Fsp3) is 0.750. The summed E-state index contributed by atoms with van der Waals surface area (Å²) in [5, 5.41) is 8.25. The molecule has 0 N–H and O–H groups in total. The van der Waals surface area contributed by atoms with Crippen LogP contribution in [0.3, 0.4) is 0 Å². The van der Waals surface area contributed by atoms with E-state index in [-0.39, 0.29) is 11.7 Å². The molecule has 2 heteroatoms. The lowest BCUT2D eigenvalue weighted by molar-refractivity contribution is -0.122. The third-order valence-corrected chi connectivity index (χ3v) is 1.44. The second-order valence-electron chi connectivity index (χ2n) is 2.48. The Morgan fingerprint density at radius 2 is 2.30 bits per heavy atom. The number of hydrogen-bond acceptors (Lipinski definition) is 2. The first-order valence-corrected chi connectivity index (χ1v) is 3.62. The summed E-state index contributed by atoms with van der Waals surface area (Å²) in [5.41, 5.74) is 0. The number of nitriles is 1. The molecule has 56 valence electrons. The number of carbonyl (C=O) groups is 1. The molecular formula is C8H13NO. The average molecular weight is 139 g/mol. The Morgan fingerprint density at radius 1 is 1.70 bits per heavy atom. The van der Waals surface area contributed by atoms with E-state index in [4.69, 9.17) is 5.26 Å². The molecule has 0 aliphatic rings. The van der Waals surface area contributed by atoms with E-state index >= 15 is 0 Å². The van der Waals surface area contributed by atoms with Crippen LogP contribution in [0.4, 0.5) is 0 Å². The first-order chi connectivity index (χ1) is 4.72. The molecule has 0 spiro atoms. The van der Waals surface area contributed by atoms with Crippen molar-refractivity contribution < 1.29 is 4.79 Å². The number of nitrogens with zero attached hydrogens (tertiary/aromatic N) is 1. The first kappa shape index (κ1) is 9.16. The topological polar surface area (TPSA) is 40.9 Å². The zero-order chi connectivity index (χ0) is 7.98. The molecule has 0 fully saturated rings. The van der Waals surface area contributed by atoms with Crippen LogP contribution in [0.15, 0.2) is 0 Å². The van der Waals surface area contributed by atoms with Crippen molar-refractivity contribution in [2.75, 3.05) is 0 Å². The Labute approximate surface area is 61.8 Å². The number of Topliss-reactive ketones (excluding diaryl/α,β-unsaturated/α-hetero) is 1. The van der Waals surface area contributed by atoms with Crippen molar-refractivity contribution in [3.63, 3.8) is 0 Å². The van der Waals surface area contributed by atoms with Crippen LogP contribution in [0, 0.1) is 17.2 Å². The minimum absolute atomic E-state index is 0.0649. The van der Waals surface area contributed by atoms with Crippen LogP contribution in [0.1, 0.15) is 33.1 Å². The second-order valence-corrected chi connectivity index (χ2v) is 2.48. The number of hydrogen-bond donors (Lipinski definition) is 0. The summed E-state index contributed by atoms with van der Waals surface area (Å²) in [5.74, 6) is 0.147. The van der Waals surface area contributed by atoms with Gasteiger partial charge in [-0.2, -0.15) is 5.26 Å². The number of carbonyl (C=O) groups excluding carboxylic acids is 1. The van der Waals surface area contributed by atoms with E-state index in [9.17, 15) is 4.79 Å². The molecule has 0 aromatic heterocycles. The Balaban J connectivity index is 3.62. The van der Waals surface area contributed by atoms with E-state index in [1.165, 1.54) is 0 Å². The average Bonchev–Trinajstić information content (AvgIpc) is 1.89. The summed E-state index contributed by atoms with van der Waals surface area (Å²) in [6.07, 6.45) is 1.86. The standard InChI is InChI=1S/C8H13NO/c1-3-4-8(10)7(2)5-6-9/h7H,3-5H2,1-2H3. The first-order valence-electron chi connectivity index (χ1n) is 3.62. The molecule has 1 atom stereocenters. The van der Waals surface area contributed by atoms with Crippen molar-refractivity contribution in [3.8, 4) is 6.07 Å². The molecule has 0 aromatic rings. The van der Waals surface area contributed by atoms with Crippen LogP contribution in [0.5, 0.6) is 0 Å². The van der Waals surface area contributed by atoms with Crippen LogP contribution in [0.25, 0.3) is 0 Å². The van der Waals surface area contributed by atoms with Gasteiger partial charge in [0.15, 0.2) is 0 Å². The number of rotatable bonds is 4. The predicted octanol–water partition coefficient (Wildman–Crippen LogP) is 1.91. The molecule has 0 aliphatic carbocycles. The van der Waals surface area contributed by atoms with E-state index < -0.39 is 0 Å². The van der Waals surface area contributed by atoms with Crippen LogP contribution in [-0.2, 0) is 4.79 Å². The zero-order valence-corrected chi connectivity index (χ0v) is 6.55. The molecule has 2 nitrogen and oxygen atoms in total. The summed E-state index contributed by atoms with van der Waals surface area (Å²) in [6, 6.07) is 1.99. The van der Waals surface area contributed by atoms with Gasteiger partial charge in [-0.1, -0.05) is 13.8 Å². The molecule has 0 bridgehead atoms. The smallest absolute Gasteiger partial charge is 0.136 e. The summed E-state index contributed by atoms with van der Waals surface area (Å²) < 4.78 is 0. The van der Waals surface area contributed by atoms with Crippen molar-refractivity contribution in [2.24, 2.45) is 5.92 Å². The molecule has 0 aliphatic heterocycles. The highest BCUT2D eigenvalue weighted by atomic mass is 16.1. The molecule has 0 saturated carbocycles. The van der Waals surface area contributed by atoms with Crippen LogP contribution < -0.4 is 0 Å². The van der Waals surface area contributed by atoms with Gasteiger partial charge in [-0.25, -0.2) is 0 Å². The molecule has 0 amide bonds. The Hall–Kier alpha value is -0.840. The lowest BCUT2D eigenvalue weighted by Crippen LogP contribution is -2.08. The minimum atomic E-state index is -0.0649. The van der Waals surface area contributed by atoms with Gasteiger partial charge in [-0.15, -0.1) is 0 Å². The summed E-state index contributed by atoms with van der Waals surface area (Å²) in [4.78, 5) is 11.0. The lowest BCUT2D eigenvalue weighted by Gasteiger charge is -2.02. The van der Waals surface area contributed by atoms with Crippen molar-refractivity contribution in [1.82, 2.24) is 0 Å². The maximum absolute atomic E-state index is 11.0. The van der Waals surface area contributed by atoms with Gasteiger partial charge < -0.3 is 0 Å². The molecule has 1 unspecified atom stereocenters. The Kier molecular flexibility index (Phi) is 4.57. The van der Waals surface area contributed by atoms with E-state index in [1.807, 2.05) is 13.0 Å². The van der Waals surface area contributed by atoms with Crippen LogP contribution >= 0.6 is 0 Å². The molecule has 10 heavy (non-hydrogen) atoms. The zero-order valence-electron chi connectivity index (χ0n) is 6.55. The van der Waals surface area contributed by atoms with Gasteiger partial charge in [-0.05, 0) is 6.42 Å².